The summed E-state index contributed by atoms with van der Waals surface area (Å²) in [6, 6.07) is 2.87. The Balaban J connectivity index is 2.46. The van der Waals surface area contributed by atoms with Gasteiger partial charge in [0.2, 0.25) is 10.0 Å². The first-order valence-electron chi connectivity index (χ1n) is 5.46. The highest BCUT2D eigenvalue weighted by Gasteiger charge is 2.13. The lowest BCUT2D eigenvalue weighted by molar-refractivity contribution is 0.0199. The number of pyridine rings is 1. The van der Waals surface area contributed by atoms with Gasteiger partial charge in [0.05, 0.1) is 12.3 Å². The predicted octanol–water partition coefficient (Wildman–Crippen LogP) is 0.100. The zero-order valence-electron chi connectivity index (χ0n) is 10.1. The number of halogens is 2. The standard InChI is InChI=1S/C10H15F2N3O3S/c11-10(12)7-18-4-3-15-19(16,17)9-2-1-8(5-13)14-6-9/h1-2,6,10,15H,3-5,7,13H2. The van der Waals surface area contributed by atoms with Crippen molar-refractivity contribution in [2.75, 3.05) is 19.8 Å². The smallest absolute Gasteiger partial charge is 0.261 e. The molecule has 108 valence electrons. The van der Waals surface area contributed by atoms with E-state index in [9.17, 15) is 17.2 Å². The summed E-state index contributed by atoms with van der Waals surface area (Å²) < 4.78 is 53.8. The highest BCUT2D eigenvalue weighted by Crippen LogP contribution is 2.07. The molecular formula is C10H15F2N3O3S. The van der Waals surface area contributed by atoms with Crippen LogP contribution in [0, 0.1) is 0 Å². The fourth-order valence-electron chi connectivity index (χ4n) is 1.19. The van der Waals surface area contributed by atoms with Gasteiger partial charge >= 0.3 is 0 Å². The van der Waals surface area contributed by atoms with Crippen molar-refractivity contribution >= 4 is 10.0 Å². The second-order valence-corrected chi connectivity index (χ2v) is 5.32. The number of sulfonamides is 1. The molecule has 0 bridgehead atoms. The normalized spacial score (nSPS) is 12.0. The fourth-order valence-corrected chi connectivity index (χ4v) is 2.15. The van der Waals surface area contributed by atoms with E-state index in [2.05, 4.69) is 14.4 Å². The molecule has 1 rings (SSSR count). The van der Waals surface area contributed by atoms with E-state index in [1.54, 1.807) is 0 Å². The van der Waals surface area contributed by atoms with Gasteiger partial charge in [-0.3, -0.25) is 4.98 Å². The van der Waals surface area contributed by atoms with Crippen molar-refractivity contribution in [3.05, 3.63) is 24.0 Å². The maximum absolute atomic E-state index is 11.8. The van der Waals surface area contributed by atoms with Crippen LogP contribution in [-0.4, -0.2) is 39.6 Å². The van der Waals surface area contributed by atoms with Crippen molar-refractivity contribution < 1.29 is 21.9 Å². The summed E-state index contributed by atoms with van der Waals surface area (Å²) in [5.74, 6) is 0. The first-order valence-corrected chi connectivity index (χ1v) is 6.94. The highest BCUT2D eigenvalue weighted by atomic mass is 32.2. The fraction of sp³-hybridized carbons (Fsp3) is 0.500. The van der Waals surface area contributed by atoms with Crippen LogP contribution in [0.25, 0.3) is 0 Å². The zero-order valence-corrected chi connectivity index (χ0v) is 10.9. The number of rotatable bonds is 8. The molecule has 0 aliphatic rings. The minimum absolute atomic E-state index is 0.0152. The van der Waals surface area contributed by atoms with Gasteiger partial charge in [0, 0.05) is 19.3 Å². The Kier molecular flexibility index (Phi) is 6.22. The Morgan fingerprint density at radius 3 is 2.68 bits per heavy atom. The predicted molar refractivity (Wildman–Crippen MR) is 64.1 cm³/mol. The van der Waals surface area contributed by atoms with Crippen LogP contribution in [0.15, 0.2) is 23.2 Å². The molecule has 0 saturated carbocycles. The third kappa shape index (κ3) is 5.55. The molecule has 3 N–H and O–H groups in total. The van der Waals surface area contributed by atoms with Crippen LogP contribution in [0.2, 0.25) is 0 Å². The van der Waals surface area contributed by atoms with Crippen molar-refractivity contribution in [1.82, 2.24) is 9.71 Å². The Morgan fingerprint density at radius 2 is 2.16 bits per heavy atom. The monoisotopic (exact) mass is 295 g/mol. The van der Waals surface area contributed by atoms with Gasteiger partial charge in [-0.05, 0) is 12.1 Å². The van der Waals surface area contributed by atoms with E-state index in [0.717, 1.165) is 0 Å². The van der Waals surface area contributed by atoms with Crippen LogP contribution >= 0.6 is 0 Å². The van der Waals surface area contributed by atoms with E-state index in [1.165, 1.54) is 18.3 Å². The first kappa shape index (κ1) is 15.9. The molecule has 6 nitrogen and oxygen atoms in total. The summed E-state index contributed by atoms with van der Waals surface area (Å²) >= 11 is 0. The van der Waals surface area contributed by atoms with Crippen LogP contribution in [0.5, 0.6) is 0 Å². The molecule has 0 aliphatic carbocycles. The summed E-state index contributed by atoms with van der Waals surface area (Å²) in [5, 5.41) is 0. The number of alkyl halides is 2. The molecule has 0 unspecified atom stereocenters. The highest BCUT2D eigenvalue weighted by molar-refractivity contribution is 7.89. The molecule has 1 heterocycles. The molecule has 0 spiro atoms. The van der Waals surface area contributed by atoms with Crippen LogP contribution in [-0.2, 0) is 21.3 Å². The molecule has 0 aromatic carbocycles. The molecule has 0 saturated heterocycles. The minimum atomic E-state index is -3.71. The summed E-state index contributed by atoms with van der Waals surface area (Å²) in [6.45, 7) is -0.713. The largest absolute Gasteiger partial charge is 0.374 e. The molecule has 19 heavy (non-hydrogen) atoms. The molecule has 1 aromatic rings. The third-order valence-corrected chi connectivity index (χ3v) is 3.55. The van der Waals surface area contributed by atoms with Gasteiger partial charge in [-0.1, -0.05) is 0 Å². The first-order chi connectivity index (χ1) is 8.95. The molecule has 0 amide bonds. The number of nitrogens with one attached hydrogen (secondary N) is 1. The van der Waals surface area contributed by atoms with Gasteiger partial charge in [-0.25, -0.2) is 21.9 Å². The third-order valence-electron chi connectivity index (χ3n) is 2.10. The van der Waals surface area contributed by atoms with E-state index in [1.807, 2.05) is 0 Å². The summed E-state index contributed by atoms with van der Waals surface area (Å²) in [7, 11) is -3.71. The Labute approximate surface area is 110 Å². The van der Waals surface area contributed by atoms with Gasteiger partial charge in [0.15, 0.2) is 0 Å². The molecule has 0 fully saturated rings. The van der Waals surface area contributed by atoms with E-state index < -0.39 is 23.1 Å². The number of nitrogens with zero attached hydrogens (tertiary/aromatic N) is 1. The molecule has 9 heteroatoms. The number of nitrogens with two attached hydrogens (primary N) is 1. The lowest BCUT2D eigenvalue weighted by atomic mass is 10.4. The lowest BCUT2D eigenvalue weighted by Gasteiger charge is -2.07. The van der Waals surface area contributed by atoms with E-state index >= 15 is 0 Å². The van der Waals surface area contributed by atoms with Crippen molar-refractivity contribution in [1.29, 1.82) is 0 Å². The van der Waals surface area contributed by atoms with Gasteiger partial charge in [0.1, 0.15) is 11.5 Å². The average Bonchev–Trinajstić information content (AvgIpc) is 2.38. The molecule has 0 atom stereocenters. The number of hydrogen-bond donors (Lipinski definition) is 2. The van der Waals surface area contributed by atoms with Crippen molar-refractivity contribution in [3.63, 3.8) is 0 Å². The Morgan fingerprint density at radius 1 is 1.42 bits per heavy atom. The number of hydrogen-bond acceptors (Lipinski definition) is 5. The number of ether oxygens (including phenoxy) is 1. The van der Waals surface area contributed by atoms with Crippen LogP contribution in [0.1, 0.15) is 5.69 Å². The Bertz CT molecular complexity index is 479. The van der Waals surface area contributed by atoms with Gasteiger partial charge < -0.3 is 10.5 Å². The molecule has 0 radical (unpaired) electrons. The number of aromatic nitrogens is 1. The molecule has 1 aromatic heterocycles. The minimum Gasteiger partial charge on any atom is -0.374 e. The van der Waals surface area contributed by atoms with E-state index in [-0.39, 0.29) is 24.6 Å². The zero-order chi connectivity index (χ0) is 14.3. The Hall–Kier alpha value is -1.16. The SMILES string of the molecule is NCc1ccc(S(=O)(=O)NCCOCC(F)F)cn1. The second-order valence-electron chi connectivity index (χ2n) is 3.55. The summed E-state index contributed by atoms with van der Waals surface area (Å²) in [6.07, 6.45) is -1.38. The van der Waals surface area contributed by atoms with Crippen LogP contribution < -0.4 is 10.5 Å². The summed E-state index contributed by atoms with van der Waals surface area (Å²) in [4.78, 5) is 3.84. The topological polar surface area (TPSA) is 94.3 Å². The molecular weight excluding hydrogens is 280 g/mol. The lowest BCUT2D eigenvalue weighted by Crippen LogP contribution is -2.28. The van der Waals surface area contributed by atoms with Crippen molar-refractivity contribution in [2.45, 2.75) is 17.9 Å². The van der Waals surface area contributed by atoms with Crippen molar-refractivity contribution in [2.24, 2.45) is 5.73 Å². The van der Waals surface area contributed by atoms with Gasteiger partial charge in [-0.15, -0.1) is 0 Å². The quantitative estimate of drug-likeness (QED) is 0.663. The van der Waals surface area contributed by atoms with Gasteiger partial charge in [0.25, 0.3) is 6.43 Å². The average molecular weight is 295 g/mol. The maximum Gasteiger partial charge on any atom is 0.261 e. The van der Waals surface area contributed by atoms with E-state index in [4.69, 9.17) is 5.73 Å². The van der Waals surface area contributed by atoms with Crippen LogP contribution in [0.3, 0.4) is 0 Å². The maximum atomic E-state index is 11.8. The second kappa shape index (κ2) is 7.43. The molecule has 0 aliphatic heterocycles. The summed E-state index contributed by atoms with van der Waals surface area (Å²) in [5.41, 5.74) is 5.91. The van der Waals surface area contributed by atoms with E-state index in [0.29, 0.717) is 5.69 Å². The van der Waals surface area contributed by atoms with Crippen LogP contribution in [0.4, 0.5) is 8.78 Å². The van der Waals surface area contributed by atoms with Crippen molar-refractivity contribution in [3.8, 4) is 0 Å². The van der Waals surface area contributed by atoms with Gasteiger partial charge in [-0.2, -0.15) is 0 Å².